The van der Waals surface area contributed by atoms with Crippen LogP contribution in [0.3, 0.4) is 0 Å². The third kappa shape index (κ3) is 5.91. The highest BCUT2D eigenvalue weighted by molar-refractivity contribution is 7.99. The number of hydrogen-bond donors (Lipinski definition) is 1. The predicted octanol–water partition coefficient (Wildman–Crippen LogP) is 3.43. The maximum atomic E-state index is 5.59. The molecule has 0 aliphatic rings. The van der Waals surface area contributed by atoms with E-state index in [2.05, 4.69) is 13.8 Å². The van der Waals surface area contributed by atoms with Crippen LogP contribution in [0.25, 0.3) is 0 Å². The SMILES string of the molecule is CC(C)CCSCCOc1ccc(N)cc1. The zero-order valence-corrected chi connectivity index (χ0v) is 10.9. The van der Waals surface area contributed by atoms with Crippen molar-refractivity contribution >= 4 is 17.4 Å². The summed E-state index contributed by atoms with van der Waals surface area (Å²) in [5.41, 5.74) is 6.37. The number of nitrogen functional groups attached to an aromatic ring is 1. The van der Waals surface area contributed by atoms with E-state index in [9.17, 15) is 0 Å². The van der Waals surface area contributed by atoms with Gasteiger partial charge in [0.1, 0.15) is 5.75 Å². The molecular formula is C13H21NOS. The molecule has 0 unspecified atom stereocenters. The molecule has 2 N–H and O–H groups in total. The van der Waals surface area contributed by atoms with Crippen LogP contribution in [0.4, 0.5) is 5.69 Å². The van der Waals surface area contributed by atoms with E-state index >= 15 is 0 Å². The Hall–Kier alpha value is -0.830. The number of rotatable bonds is 7. The fraction of sp³-hybridized carbons (Fsp3) is 0.538. The van der Waals surface area contributed by atoms with Crippen LogP contribution < -0.4 is 10.5 Å². The molecule has 0 fully saturated rings. The molecule has 0 heterocycles. The topological polar surface area (TPSA) is 35.2 Å². The molecule has 0 aliphatic heterocycles. The maximum absolute atomic E-state index is 5.59. The molecule has 16 heavy (non-hydrogen) atoms. The van der Waals surface area contributed by atoms with Crippen molar-refractivity contribution in [3.05, 3.63) is 24.3 Å². The Balaban J connectivity index is 2.05. The predicted molar refractivity (Wildman–Crippen MR) is 73.1 cm³/mol. The first-order chi connectivity index (χ1) is 7.68. The molecule has 0 aromatic heterocycles. The molecule has 0 aliphatic carbocycles. The summed E-state index contributed by atoms with van der Waals surface area (Å²) in [6.45, 7) is 5.28. The van der Waals surface area contributed by atoms with Crippen LogP contribution in [0.1, 0.15) is 20.3 Å². The molecule has 0 saturated heterocycles. The summed E-state index contributed by atoms with van der Waals surface area (Å²) in [5, 5.41) is 0. The highest BCUT2D eigenvalue weighted by Gasteiger charge is 1.96. The lowest BCUT2D eigenvalue weighted by Gasteiger charge is -2.07. The number of anilines is 1. The smallest absolute Gasteiger partial charge is 0.119 e. The van der Waals surface area contributed by atoms with E-state index in [1.807, 2.05) is 36.0 Å². The van der Waals surface area contributed by atoms with Gasteiger partial charge in [0.05, 0.1) is 6.61 Å². The standard InChI is InChI=1S/C13H21NOS/c1-11(2)7-9-16-10-8-15-13-5-3-12(14)4-6-13/h3-6,11H,7-10,14H2,1-2H3. The van der Waals surface area contributed by atoms with Gasteiger partial charge in [-0.25, -0.2) is 0 Å². The molecule has 0 spiro atoms. The second-order valence-electron chi connectivity index (χ2n) is 4.21. The van der Waals surface area contributed by atoms with Crippen molar-refractivity contribution in [1.82, 2.24) is 0 Å². The highest BCUT2D eigenvalue weighted by Crippen LogP contribution is 2.14. The average molecular weight is 239 g/mol. The van der Waals surface area contributed by atoms with Gasteiger partial charge in [-0.2, -0.15) is 11.8 Å². The van der Waals surface area contributed by atoms with Crippen LogP contribution in [0.15, 0.2) is 24.3 Å². The summed E-state index contributed by atoms with van der Waals surface area (Å²) in [4.78, 5) is 0. The summed E-state index contributed by atoms with van der Waals surface area (Å²) >= 11 is 1.95. The van der Waals surface area contributed by atoms with Crippen LogP contribution in [-0.4, -0.2) is 18.1 Å². The van der Waals surface area contributed by atoms with Crippen molar-refractivity contribution in [3.63, 3.8) is 0 Å². The first-order valence-corrected chi connectivity index (χ1v) is 6.90. The Morgan fingerprint density at radius 2 is 1.88 bits per heavy atom. The van der Waals surface area contributed by atoms with E-state index in [1.54, 1.807) is 0 Å². The van der Waals surface area contributed by atoms with Crippen molar-refractivity contribution in [2.75, 3.05) is 23.8 Å². The van der Waals surface area contributed by atoms with Crippen molar-refractivity contribution in [1.29, 1.82) is 0 Å². The molecule has 90 valence electrons. The van der Waals surface area contributed by atoms with Gasteiger partial charge in [0, 0.05) is 11.4 Å². The molecule has 0 amide bonds. The van der Waals surface area contributed by atoms with E-state index in [4.69, 9.17) is 10.5 Å². The zero-order chi connectivity index (χ0) is 11.8. The Bertz CT molecular complexity index is 284. The van der Waals surface area contributed by atoms with Gasteiger partial charge in [0.2, 0.25) is 0 Å². The minimum atomic E-state index is 0.771. The summed E-state index contributed by atoms with van der Waals surface area (Å²) < 4.78 is 5.59. The van der Waals surface area contributed by atoms with Crippen molar-refractivity contribution in [2.24, 2.45) is 5.92 Å². The lowest BCUT2D eigenvalue weighted by molar-refractivity contribution is 0.344. The van der Waals surface area contributed by atoms with E-state index in [-0.39, 0.29) is 0 Å². The fourth-order valence-corrected chi connectivity index (χ4v) is 2.25. The lowest BCUT2D eigenvalue weighted by Crippen LogP contribution is -2.01. The third-order valence-electron chi connectivity index (χ3n) is 2.22. The summed E-state index contributed by atoms with van der Waals surface area (Å²) in [5.74, 6) is 3.98. The number of nitrogens with two attached hydrogens (primary N) is 1. The van der Waals surface area contributed by atoms with Crippen LogP contribution >= 0.6 is 11.8 Å². The second kappa shape index (κ2) is 7.44. The number of ether oxygens (including phenoxy) is 1. The number of hydrogen-bond acceptors (Lipinski definition) is 3. The van der Waals surface area contributed by atoms with Gasteiger partial charge in [-0.15, -0.1) is 0 Å². The van der Waals surface area contributed by atoms with Gasteiger partial charge >= 0.3 is 0 Å². The lowest BCUT2D eigenvalue weighted by atomic mass is 10.2. The largest absolute Gasteiger partial charge is 0.493 e. The van der Waals surface area contributed by atoms with Gasteiger partial charge in [-0.05, 0) is 42.4 Å². The molecule has 0 atom stereocenters. The first kappa shape index (κ1) is 13.2. The monoisotopic (exact) mass is 239 g/mol. The van der Waals surface area contributed by atoms with Gasteiger partial charge in [-0.3, -0.25) is 0 Å². The van der Waals surface area contributed by atoms with E-state index in [0.29, 0.717) is 0 Å². The van der Waals surface area contributed by atoms with E-state index < -0.39 is 0 Å². The normalized spacial score (nSPS) is 10.7. The first-order valence-electron chi connectivity index (χ1n) is 5.74. The van der Waals surface area contributed by atoms with Gasteiger partial charge < -0.3 is 10.5 Å². The van der Waals surface area contributed by atoms with E-state index in [1.165, 1.54) is 12.2 Å². The molecule has 0 bridgehead atoms. The average Bonchev–Trinajstić information content (AvgIpc) is 2.25. The van der Waals surface area contributed by atoms with Gasteiger partial charge in [0.25, 0.3) is 0 Å². The van der Waals surface area contributed by atoms with E-state index in [0.717, 1.165) is 29.7 Å². The number of benzene rings is 1. The Morgan fingerprint density at radius 3 is 2.50 bits per heavy atom. The molecule has 3 heteroatoms. The molecular weight excluding hydrogens is 218 g/mol. The summed E-state index contributed by atoms with van der Waals surface area (Å²) in [6.07, 6.45) is 1.28. The number of thioether (sulfide) groups is 1. The highest BCUT2D eigenvalue weighted by atomic mass is 32.2. The van der Waals surface area contributed by atoms with Crippen LogP contribution in [0.2, 0.25) is 0 Å². The summed E-state index contributed by atoms with van der Waals surface area (Å²) in [6, 6.07) is 7.55. The Morgan fingerprint density at radius 1 is 1.19 bits per heavy atom. The van der Waals surface area contributed by atoms with Gasteiger partial charge in [-0.1, -0.05) is 13.8 Å². The second-order valence-corrected chi connectivity index (χ2v) is 5.44. The molecule has 1 aromatic rings. The molecule has 0 saturated carbocycles. The molecule has 2 nitrogen and oxygen atoms in total. The maximum Gasteiger partial charge on any atom is 0.119 e. The quantitative estimate of drug-likeness (QED) is 0.585. The molecule has 0 radical (unpaired) electrons. The van der Waals surface area contributed by atoms with Crippen LogP contribution in [-0.2, 0) is 0 Å². The van der Waals surface area contributed by atoms with Crippen molar-refractivity contribution < 1.29 is 4.74 Å². The van der Waals surface area contributed by atoms with Crippen molar-refractivity contribution in [3.8, 4) is 5.75 Å². The van der Waals surface area contributed by atoms with Crippen molar-refractivity contribution in [2.45, 2.75) is 20.3 Å². The summed E-state index contributed by atoms with van der Waals surface area (Å²) in [7, 11) is 0. The van der Waals surface area contributed by atoms with Gasteiger partial charge in [0.15, 0.2) is 0 Å². The fourth-order valence-electron chi connectivity index (χ4n) is 1.20. The minimum Gasteiger partial charge on any atom is -0.493 e. The van der Waals surface area contributed by atoms with Crippen LogP contribution in [0.5, 0.6) is 5.75 Å². The third-order valence-corrected chi connectivity index (χ3v) is 3.20. The zero-order valence-electron chi connectivity index (χ0n) is 10.1. The Labute approximate surface area is 103 Å². The Kier molecular flexibility index (Phi) is 6.16. The molecule has 1 aromatic carbocycles. The minimum absolute atomic E-state index is 0.771. The van der Waals surface area contributed by atoms with Crippen LogP contribution in [0, 0.1) is 5.92 Å². The molecule has 1 rings (SSSR count).